The summed E-state index contributed by atoms with van der Waals surface area (Å²) >= 11 is 0. The van der Waals surface area contributed by atoms with Gasteiger partial charge in [-0.15, -0.1) is 0 Å². The molecule has 2 aromatic heterocycles. The number of rotatable bonds is 3. The highest BCUT2D eigenvalue weighted by molar-refractivity contribution is 5.81. The lowest BCUT2D eigenvalue weighted by atomic mass is 10.1. The van der Waals surface area contributed by atoms with Crippen LogP contribution in [0.25, 0.3) is 11.2 Å². The third kappa shape index (κ3) is 2.05. The van der Waals surface area contributed by atoms with E-state index in [1.54, 1.807) is 0 Å². The fraction of sp³-hybridized carbons (Fsp3) is 0.444. The number of aromatic nitrogens is 4. The van der Waals surface area contributed by atoms with E-state index in [0.717, 1.165) is 0 Å². The Hall–Kier alpha value is -1.77. The fourth-order valence-electron chi connectivity index (χ4n) is 1.40. The van der Waals surface area contributed by atoms with Gasteiger partial charge in [-0.3, -0.25) is 0 Å². The molecule has 0 spiro atoms. The Morgan fingerprint density at radius 1 is 1.41 bits per heavy atom. The van der Waals surface area contributed by atoms with E-state index >= 15 is 0 Å². The molecular formula is C9H13N5O3. The number of hydrogen-bond acceptors (Lipinski definition) is 7. The minimum Gasteiger partial charge on any atom is -0.388 e. The molecule has 0 bridgehead atoms. The molecule has 92 valence electrons. The van der Waals surface area contributed by atoms with Crippen LogP contribution in [0.3, 0.4) is 0 Å². The first kappa shape index (κ1) is 11.7. The van der Waals surface area contributed by atoms with Gasteiger partial charge in [0.2, 0.25) is 5.79 Å². The number of nitrogen functional groups attached to an aromatic ring is 1. The second-order valence-electron chi connectivity index (χ2n) is 3.86. The standard InChI is InChI=1S/C9H13N5O3/c1-5(15)9(16,17)2-14-4-13-6-7(10)11-3-12-8(6)14/h3-5,15-17H,2H2,1H3,(H2,10,11,12). The van der Waals surface area contributed by atoms with Crippen molar-refractivity contribution in [3.05, 3.63) is 12.7 Å². The Labute approximate surface area is 96.4 Å². The third-order valence-corrected chi connectivity index (χ3v) is 2.50. The number of fused-ring (bicyclic) bond motifs is 1. The first-order valence-corrected chi connectivity index (χ1v) is 4.96. The van der Waals surface area contributed by atoms with Crippen molar-refractivity contribution in [2.75, 3.05) is 5.73 Å². The molecule has 0 aliphatic heterocycles. The third-order valence-electron chi connectivity index (χ3n) is 2.50. The number of anilines is 1. The summed E-state index contributed by atoms with van der Waals surface area (Å²) in [6.45, 7) is 1.01. The maximum atomic E-state index is 9.57. The van der Waals surface area contributed by atoms with Crippen LogP contribution in [-0.2, 0) is 6.54 Å². The van der Waals surface area contributed by atoms with Gasteiger partial charge in [-0.2, -0.15) is 0 Å². The van der Waals surface area contributed by atoms with Crippen LogP contribution in [0.1, 0.15) is 6.92 Å². The van der Waals surface area contributed by atoms with Crippen LogP contribution in [-0.4, -0.2) is 46.7 Å². The van der Waals surface area contributed by atoms with Gasteiger partial charge in [0.25, 0.3) is 0 Å². The summed E-state index contributed by atoms with van der Waals surface area (Å²) in [4.78, 5) is 11.7. The van der Waals surface area contributed by atoms with Gasteiger partial charge in [-0.05, 0) is 6.92 Å². The number of hydrogen-bond donors (Lipinski definition) is 4. The topological polar surface area (TPSA) is 130 Å². The zero-order chi connectivity index (χ0) is 12.6. The van der Waals surface area contributed by atoms with Crippen molar-refractivity contribution in [1.29, 1.82) is 0 Å². The van der Waals surface area contributed by atoms with Gasteiger partial charge in [-0.25, -0.2) is 15.0 Å². The molecule has 0 aliphatic carbocycles. The van der Waals surface area contributed by atoms with Crippen LogP contribution >= 0.6 is 0 Å². The Balaban J connectivity index is 2.41. The van der Waals surface area contributed by atoms with Gasteiger partial charge >= 0.3 is 0 Å². The molecule has 5 N–H and O–H groups in total. The summed E-state index contributed by atoms with van der Waals surface area (Å²) in [6, 6.07) is 0. The van der Waals surface area contributed by atoms with Crippen LogP contribution < -0.4 is 5.73 Å². The lowest BCUT2D eigenvalue weighted by Crippen LogP contribution is -2.44. The second-order valence-corrected chi connectivity index (χ2v) is 3.86. The highest BCUT2D eigenvalue weighted by atomic mass is 16.5. The number of nitrogens with two attached hydrogens (primary N) is 1. The van der Waals surface area contributed by atoms with E-state index in [0.29, 0.717) is 11.2 Å². The molecule has 17 heavy (non-hydrogen) atoms. The number of imidazole rings is 1. The summed E-state index contributed by atoms with van der Waals surface area (Å²) in [5.74, 6) is -2.04. The first-order chi connectivity index (χ1) is 7.92. The predicted molar refractivity (Wildman–Crippen MR) is 58.6 cm³/mol. The SMILES string of the molecule is CC(O)C(O)(O)Cn1cnc2c(N)ncnc21. The highest BCUT2D eigenvalue weighted by Crippen LogP contribution is 2.17. The van der Waals surface area contributed by atoms with E-state index in [-0.39, 0.29) is 12.4 Å². The van der Waals surface area contributed by atoms with Crippen molar-refractivity contribution < 1.29 is 15.3 Å². The zero-order valence-electron chi connectivity index (χ0n) is 9.15. The molecule has 0 aromatic carbocycles. The van der Waals surface area contributed by atoms with Crippen LogP contribution in [0, 0.1) is 0 Å². The van der Waals surface area contributed by atoms with Gasteiger partial charge in [0.15, 0.2) is 11.5 Å². The van der Waals surface area contributed by atoms with E-state index in [1.165, 1.54) is 24.1 Å². The Kier molecular flexibility index (Phi) is 2.69. The van der Waals surface area contributed by atoms with Gasteiger partial charge < -0.3 is 25.6 Å². The maximum absolute atomic E-state index is 9.57. The van der Waals surface area contributed by atoms with Crippen LogP contribution in [0.5, 0.6) is 0 Å². The molecule has 1 atom stereocenters. The molecule has 0 saturated heterocycles. The fourth-order valence-corrected chi connectivity index (χ4v) is 1.40. The van der Waals surface area contributed by atoms with Crippen LogP contribution in [0.2, 0.25) is 0 Å². The normalized spacial score (nSPS) is 14.1. The average molecular weight is 239 g/mol. The smallest absolute Gasteiger partial charge is 0.207 e. The summed E-state index contributed by atoms with van der Waals surface area (Å²) in [6.07, 6.45) is 1.31. The number of aliphatic hydroxyl groups is 3. The van der Waals surface area contributed by atoms with Crippen molar-refractivity contribution in [2.45, 2.75) is 25.4 Å². The Bertz CT molecular complexity index is 536. The Morgan fingerprint density at radius 2 is 2.12 bits per heavy atom. The van der Waals surface area contributed by atoms with Gasteiger partial charge in [-0.1, -0.05) is 0 Å². The van der Waals surface area contributed by atoms with Crippen molar-refractivity contribution in [1.82, 2.24) is 19.5 Å². The lowest BCUT2D eigenvalue weighted by molar-refractivity contribution is -0.227. The monoisotopic (exact) mass is 239 g/mol. The van der Waals surface area contributed by atoms with Crippen LogP contribution in [0.4, 0.5) is 5.82 Å². The van der Waals surface area contributed by atoms with E-state index < -0.39 is 11.9 Å². The second kappa shape index (κ2) is 3.91. The zero-order valence-corrected chi connectivity index (χ0v) is 9.15. The lowest BCUT2D eigenvalue weighted by Gasteiger charge is -2.24. The molecular weight excluding hydrogens is 226 g/mol. The molecule has 8 nitrogen and oxygen atoms in total. The molecule has 0 radical (unpaired) electrons. The molecule has 8 heteroatoms. The molecule has 2 rings (SSSR count). The minimum atomic E-state index is -2.26. The van der Waals surface area contributed by atoms with Crippen molar-refractivity contribution >= 4 is 17.0 Å². The summed E-state index contributed by atoms with van der Waals surface area (Å²) in [5, 5.41) is 28.4. The molecule has 0 amide bonds. The van der Waals surface area contributed by atoms with Gasteiger partial charge in [0.1, 0.15) is 17.9 Å². The van der Waals surface area contributed by atoms with E-state index in [2.05, 4.69) is 15.0 Å². The number of aliphatic hydroxyl groups excluding tert-OH is 1. The average Bonchev–Trinajstić information content (AvgIpc) is 2.62. The molecule has 0 saturated carbocycles. The summed E-state index contributed by atoms with van der Waals surface area (Å²) < 4.78 is 1.39. The van der Waals surface area contributed by atoms with Crippen molar-refractivity contribution in [3.8, 4) is 0 Å². The maximum Gasteiger partial charge on any atom is 0.207 e. The predicted octanol–water partition coefficient (Wildman–Crippen LogP) is -1.53. The summed E-state index contributed by atoms with van der Waals surface area (Å²) in [7, 11) is 0. The minimum absolute atomic E-state index is 0.215. The molecule has 2 aromatic rings. The molecule has 0 fully saturated rings. The largest absolute Gasteiger partial charge is 0.388 e. The van der Waals surface area contributed by atoms with E-state index in [1.807, 2.05) is 0 Å². The van der Waals surface area contributed by atoms with E-state index in [4.69, 9.17) is 5.73 Å². The summed E-state index contributed by atoms with van der Waals surface area (Å²) in [5.41, 5.74) is 6.36. The van der Waals surface area contributed by atoms with Crippen molar-refractivity contribution in [3.63, 3.8) is 0 Å². The quantitative estimate of drug-likeness (QED) is 0.478. The molecule has 1 unspecified atom stereocenters. The van der Waals surface area contributed by atoms with Gasteiger partial charge in [0.05, 0.1) is 12.9 Å². The van der Waals surface area contributed by atoms with Gasteiger partial charge in [0, 0.05) is 0 Å². The van der Waals surface area contributed by atoms with Crippen LogP contribution in [0.15, 0.2) is 12.7 Å². The number of nitrogens with zero attached hydrogens (tertiary/aromatic N) is 4. The van der Waals surface area contributed by atoms with Crippen molar-refractivity contribution in [2.24, 2.45) is 0 Å². The highest BCUT2D eigenvalue weighted by Gasteiger charge is 2.30. The first-order valence-electron chi connectivity index (χ1n) is 4.96. The molecule has 0 aliphatic rings. The Morgan fingerprint density at radius 3 is 2.76 bits per heavy atom. The van der Waals surface area contributed by atoms with E-state index in [9.17, 15) is 15.3 Å². The molecule has 2 heterocycles.